The van der Waals surface area contributed by atoms with E-state index >= 15 is 0 Å². The molecule has 2 fully saturated rings. The summed E-state index contributed by atoms with van der Waals surface area (Å²) < 4.78 is 5.19. The highest BCUT2D eigenvalue weighted by Gasteiger charge is 2.33. The molecule has 4 nitrogen and oxygen atoms in total. The van der Waals surface area contributed by atoms with Gasteiger partial charge in [0.2, 0.25) is 5.91 Å². The van der Waals surface area contributed by atoms with E-state index in [2.05, 4.69) is 6.07 Å². The van der Waals surface area contributed by atoms with E-state index < -0.39 is 0 Å². The van der Waals surface area contributed by atoms with Crippen LogP contribution in [0.25, 0.3) is 0 Å². The molecule has 2 rings (SSSR count). The molecule has 15 heavy (non-hydrogen) atoms. The maximum Gasteiger partial charge on any atom is 0.236 e. The van der Waals surface area contributed by atoms with Crippen molar-refractivity contribution in [3.63, 3.8) is 0 Å². The lowest BCUT2D eigenvalue weighted by Crippen LogP contribution is -2.50. The zero-order chi connectivity index (χ0) is 10.7. The van der Waals surface area contributed by atoms with E-state index in [1.807, 2.05) is 0 Å². The standard InChI is InChI=1S/C10H14N2O2S/c11-6-8-7-14-4-3-12(8)10(13)9-2-1-5-15-9/h8-9H,1-5,7H2. The van der Waals surface area contributed by atoms with E-state index in [0.29, 0.717) is 19.8 Å². The normalized spacial score (nSPS) is 31.3. The van der Waals surface area contributed by atoms with Gasteiger partial charge >= 0.3 is 0 Å². The molecule has 0 saturated carbocycles. The van der Waals surface area contributed by atoms with Crippen molar-refractivity contribution in [3.05, 3.63) is 0 Å². The highest BCUT2D eigenvalue weighted by Crippen LogP contribution is 2.28. The number of rotatable bonds is 1. The third-order valence-corrected chi connectivity index (χ3v) is 4.13. The molecule has 0 N–H and O–H groups in total. The molecule has 2 saturated heterocycles. The van der Waals surface area contributed by atoms with Crippen molar-refractivity contribution in [2.45, 2.75) is 24.1 Å². The van der Waals surface area contributed by atoms with E-state index in [1.165, 1.54) is 0 Å². The molecule has 82 valence electrons. The summed E-state index contributed by atoms with van der Waals surface area (Å²) in [6.45, 7) is 1.48. The lowest BCUT2D eigenvalue weighted by atomic mass is 10.2. The molecule has 1 amide bonds. The fraction of sp³-hybridized carbons (Fsp3) is 0.800. The smallest absolute Gasteiger partial charge is 0.236 e. The zero-order valence-corrected chi connectivity index (χ0v) is 9.33. The van der Waals surface area contributed by atoms with Crippen LogP contribution in [-0.4, -0.2) is 47.6 Å². The Morgan fingerprint density at radius 3 is 3.13 bits per heavy atom. The molecule has 0 aliphatic carbocycles. The molecule has 2 heterocycles. The quantitative estimate of drug-likeness (QED) is 0.658. The molecule has 0 spiro atoms. The Morgan fingerprint density at radius 1 is 1.60 bits per heavy atom. The minimum Gasteiger partial charge on any atom is -0.376 e. The van der Waals surface area contributed by atoms with Crippen molar-refractivity contribution in [2.24, 2.45) is 0 Å². The van der Waals surface area contributed by atoms with Gasteiger partial charge in [-0.05, 0) is 18.6 Å². The number of nitrogens with zero attached hydrogens (tertiary/aromatic N) is 2. The second-order valence-corrected chi connectivity index (χ2v) is 5.06. The Labute approximate surface area is 93.6 Å². The highest BCUT2D eigenvalue weighted by molar-refractivity contribution is 8.00. The van der Waals surface area contributed by atoms with E-state index in [9.17, 15) is 4.79 Å². The number of hydrogen-bond donors (Lipinski definition) is 0. The van der Waals surface area contributed by atoms with Gasteiger partial charge in [-0.3, -0.25) is 4.79 Å². The predicted octanol–water partition coefficient (Wildman–Crippen LogP) is 0.633. The van der Waals surface area contributed by atoms with Crippen molar-refractivity contribution < 1.29 is 9.53 Å². The molecule has 0 aromatic carbocycles. The van der Waals surface area contributed by atoms with Crippen LogP contribution in [0, 0.1) is 11.3 Å². The summed E-state index contributed by atoms with van der Waals surface area (Å²) in [7, 11) is 0. The van der Waals surface area contributed by atoms with Crippen molar-refractivity contribution >= 4 is 17.7 Å². The number of morpholine rings is 1. The Bertz CT molecular complexity index is 284. The van der Waals surface area contributed by atoms with Crippen molar-refractivity contribution in [2.75, 3.05) is 25.5 Å². The van der Waals surface area contributed by atoms with Crippen LogP contribution in [0.3, 0.4) is 0 Å². The van der Waals surface area contributed by atoms with Crippen LogP contribution < -0.4 is 0 Å². The molecule has 0 bridgehead atoms. The predicted molar refractivity (Wildman–Crippen MR) is 57.4 cm³/mol. The Morgan fingerprint density at radius 2 is 2.47 bits per heavy atom. The number of ether oxygens (including phenoxy) is 1. The number of thioether (sulfide) groups is 1. The molecule has 0 aromatic rings. The second kappa shape index (κ2) is 4.86. The lowest BCUT2D eigenvalue weighted by Gasteiger charge is -2.32. The number of amides is 1. The first-order valence-electron chi connectivity index (χ1n) is 5.22. The first kappa shape index (κ1) is 10.8. The number of carbonyl (C=O) groups is 1. The monoisotopic (exact) mass is 226 g/mol. The van der Waals surface area contributed by atoms with Crippen LogP contribution in [0.5, 0.6) is 0 Å². The van der Waals surface area contributed by atoms with Crippen LogP contribution in [-0.2, 0) is 9.53 Å². The molecule has 2 aliphatic rings. The van der Waals surface area contributed by atoms with E-state index in [0.717, 1.165) is 18.6 Å². The van der Waals surface area contributed by atoms with Gasteiger partial charge in [0.25, 0.3) is 0 Å². The Balaban J connectivity index is 2.00. The third-order valence-electron chi connectivity index (χ3n) is 2.77. The maximum absolute atomic E-state index is 12.1. The van der Waals surface area contributed by atoms with E-state index in [1.54, 1.807) is 16.7 Å². The summed E-state index contributed by atoms with van der Waals surface area (Å²) in [4.78, 5) is 13.8. The fourth-order valence-electron chi connectivity index (χ4n) is 1.93. The first-order valence-corrected chi connectivity index (χ1v) is 6.27. The summed E-state index contributed by atoms with van der Waals surface area (Å²) in [5.74, 6) is 1.20. The molecule has 2 aliphatic heterocycles. The number of hydrogen-bond acceptors (Lipinski definition) is 4. The minimum absolute atomic E-state index is 0.0824. The molecule has 5 heteroatoms. The van der Waals surface area contributed by atoms with Crippen LogP contribution in [0.4, 0.5) is 0 Å². The van der Waals surface area contributed by atoms with Gasteiger partial charge in [0, 0.05) is 6.54 Å². The second-order valence-electron chi connectivity index (χ2n) is 3.75. The van der Waals surface area contributed by atoms with Gasteiger partial charge in [-0.15, -0.1) is 11.8 Å². The Hall–Kier alpha value is -0.730. The summed E-state index contributed by atoms with van der Waals surface area (Å²) in [6, 6.07) is 1.75. The molecule has 0 aromatic heterocycles. The van der Waals surface area contributed by atoms with Crippen molar-refractivity contribution in [3.8, 4) is 6.07 Å². The average molecular weight is 226 g/mol. The molecular weight excluding hydrogens is 212 g/mol. The van der Waals surface area contributed by atoms with Crippen LogP contribution in [0.15, 0.2) is 0 Å². The van der Waals surface area contributed by atoms with Crippen molar-refractivity contribution in [1.29, 1.82) is 5.26 Å². The Kier molecular flexibility index (Phi) is 3.49. The highest BCUT2D eigenvalue weighted by atomic mass is 32.2. The van der Waals surface area contributed by atoms with Crippen LogP contribution in [0.2, 0.25) is 0 Å². The fourth-order valence-corrected chi connectivity index (χ4v) is 3.16. The largest absolute Gasteiger partial charge is 0.376 e. The van der Waals surface area contributed by atoms with Crippen molar-refractivity contribution in [1.82, 2.24) is 4.90 Å². The average Bonchev–Trinajstić information content (AvgIpc) is 2.81. The van der Waals surface area contributed by atoms with Gasteiger partial charge in [-0.2, -0.15) is 5.26 Å². The molecular formula is C10H14N2O2S. The van der Waals surface area contributed by atoms with Gasteiger partial charge < -0.3 is 9.64 Å². The molecule has 0 radical (unpaired) electrons. The third kappa shape index (κ3) is 2.27. The van der Waals surface area contributed by atoms with Gasteiger partial charge in [0.05, 0.1) is 24.5 Å². The lowest BCUT2D eigenvalue weighted by molar-refractivity contribution is -0.137. The molecule has 2 atom stereocenters. The first-order chi connectivity index (χ1) is 7.33. The maximum atomic E-state index is 12.1. The summed E-state index contributed by atoms with van der Waals surface area (Å²) in [6.07, 6.45) is 2.07. The van der Waals surface area contributed by atoms with Crippen LogP contribution in [0.1, 0.15) is 12.8 Å². The van der Waals surface area contributed by atoms with Gasteiger partial charge in [-0.25, -0.2) is 0 Å². The van der Waals surface area contributed by atoms with Crippen LogP contribution >= 0.6 is 11.8 Å². The van der Waals surface area contributed by atoms with Gasteiger partial charge in [0.15, 0.2) is 0 Å². The molecule has 2 unspecified atom stereocenters. The van der Waals surface area contributed by atoms with Gasteiger partial charge in [0.1, 0.15) is 6.04 Å². The summed E-state index contributed by atoms with van der Waals surface area (Å²) >= 11 is 1.72. The SMILES string of the molecule is N#CC1COCCN1C(=O)C1CCCS1. The summed E-state index contributed by atoms with van der Waals surface area (Å²) in [5.41, 5.74) is 0. The van der Waals surface area contributed by atoms with E-state index in [4.69, 9.17) is 10.00 Å². The van der Waals surface area contributed by atoms with Gasteiger partial charge in [-0.1, -0.05) is 0 Å². The topological polar surface area (TPSA) is 53.3 Å². The zero-order valence-electron chi connectivity index (χ0n) is 8.52. The van der Waals surface area contributed by atoms with E-state index in [-0.39, 0.29) is 17.2 Å². The number of carbonyl (C=O) groups excluding carboxylic acids is 1. The summed E-state index contributed by atoms with van der Waals surface area (Å²) in [5, 5.41) is 9.00. The number of nitriles is 1. The minimum atomic E-state index is -0.382.